The van der Waals surface area contributed by atoms with Gasteiger partial charge in [-0.15, -0.1) is 0 Å². The van der Waals surface area contributed by atoms with Crippen molar-refractivity contribution < 1.29 is 14.3 Å². The van der Waals surface area contributed by atoms with E-state index in [0.29, 0.717) is 23.6 Å². The van der Waals surface area contributed by atoms with Crippen molar-refractivity contribution in [3.63, 3.8) is 0 Å². The Balaban J connectivity index is 2.11. The van der Waals surface area contributed by atoms with Crippen molar-refractivity contribution in [2.24, 2.45) is 0 Å². The molecule has 142 valence electrons. The molecule has 3 rings (SSSR count). The van der Waals surface area contributed by atoms with E-state index >= 15 is 0 Å². The molecule has 0 amide bonds. The lowest BCUT2D eigenvalue weighted by Crippen LogP contribution is -2.07. The molecule has 0 aliphatic heterocycles. The predicted octanol–water partition coefficient (Wildman–Crippen LogP) is 3.88. The zero-order chi connectivity index (χ0) is 20.3. The zero-order valence-electron chi connectivity index (χ0n) is 16.3. The van der Waals surface area contributed by atoms with E-state index in [1.807, 2.05) is 38.1 Å². The molecule has 6 heteroatoms. The fourth-order valence-electron chi connectivity index (χ4n) is 3.34. The summed E-state index contributed by atoms with van der Waals surface area (Å²) in [5.41, 5.74) is 5.54. The van der Waals surface area contributed by atoms with Crippen LogP contribution in [0.1, 0.15) is 32.9 Å². The van der Waals surface area contributed by atoms with Crippen molar-refractivity contribution in [3.8, 4) is 23.1 Å². The molecule has 0 aliphatic rings. The molecule has 0 fully saturated rings. The van der Waals surface area contributed by atoms with Crippen LogP contribution in [-0.4, -0.2) is 29.7 Å². The molecule has 0 atom stereocenters. The molecule has 0 saturated heterocycles. The van der Waals surface area contributed by atoms with Crippen LogP contribution >= 0.6 is 0 Å². The Morgan fingerprint density at radius 1 is 1.11 bits per heavy atom. The van der Waals surface area contributed by atoms with Gasteiger partial charge in [0, 0.05) is 35.8 Å². The first-order valence-electron chi connectivity index (χ1n) is 8.77. The van der Waals surface area contributed by atoms with Crippen LogP contribution in [-0.2, 0) is 11.3 Å². The number of nitriles is 1. The topological polar surface area (TPSA) is 77.1 Å². The zero-order valence-corrected chi connectivity index (χ0v) is 16.3. The number of pyridine rings is 1. The van der Waals surface area contributed by atoms with Gasteiger partial charge in [-0.2, -0.15) is 5.26 Å². The largest absolute Gasteiger partial charge is 0.481 e. The van der Waals surface area contributed by atoms with Crippen molar-refractivity contribution in [2.45, 2.75) is 20.4 Å². The van der Waals surface area contributed by atoms with E-state index in [-0.39, 0.29) is 5.97 Å². The van der Waals surface area contributed by atoms with E-state index in [4.69, 9.17) is 14.7 Å². The second kappa shape index (κ2) is 7.97. The summed E-state index contributed by atoms with van der Waals surface area (Å²) in [7, 11) is 2.96. The molecule has 0 unspecified atom stereocenters. The SMILES string of the molecule is COC(=O)c1c(-c2ccc(C#N)cc2)c(C)n(Cc2ccc(OC)nc2)c1C. The molecule has 0 bridgehead atoms. The Morgan fingerprint density at radius 3 is 2.36 bits per heavy atom. The minimum atomic E-state index is -0.383. The van der Waals surface area contributed by atoms with Crippen LogP contribution in [0.15, 0.2) is 42.6 Å². The van der Waals surface area contributed by atoms with E-state index in [2.05, 4.69) is 15.6 Å². The van der Waals surface area contributed by atoms with Crippen molar-refractivity contribution >= 4 is 5.97 Å². The van der Waals surface area contributed by atoms with E-state index < -0.39 is 0 Å². The van der Waals surface area contributed by atoms with Gasteiger partial charge in [0.2, 0.25) is 5.88 Å². The summed E-state index contributed by atoms with van der Waals surface area (Å²) < 4.78 is 12.2. The number of carbonyl (C=O) groups excluding carboxylic acids is 1. The predicted molar refractivity (Wildman–Crippen MR) is 105 cm³/mol. The van der Waals surface area contributed by atoms with Gasteiger partial charge in [0.25, 0.3) is 0 Å². The minimum Gasteiger partial charge on any atom is -0.481 e. The van der Waals surface area contributed by atoms with Crippen LogP contribution in [0.2, 0.25) is 0 Å². The number of hydrogen-bond donors (Lipinski definition) is 0. The second-order valence-corrected chi connectivity index (χ2v) is 6.40. The number of nitrogens with zero attached hydrogens (tertiary/aromatic N) is 3. The molecule has 0 radical (unpaired) electrons. The lowest BCUT2D eigenvalue weighted by Gasteiger charge is -2.10. The number of benzene rings is 1. The van der Waals surface area contributed by atoms with E-state index in [1.165, 1.54) is 7.11 Å². The molecule has 3 aromatic rings. The highest BCUT2D eigenvalue weighted by Crippen LogP contribution is 2.33. The van der Waals surface area contributed by atoms with Gasteiger partial charge in [-0.05, 0) is 37.1 Å². The van der Waals surface area contributed by atoms with Gasteiger partial charge < -0.3 is 14.0 Å². The number of aromatic nitrogens is 2. The second-order valence-electron chi connectivity index (χ2n) is 6.40. The monoisotopic (exact) mass is 375 g/mol. The summed E-state index contributed by atoms with van der Waals surface area (Å²) in [6.45, 7) is 4.45. The molecular weight excluding hydrogens is 354 g/mol. The van der Waals surface area contributed by atoms with E-state index in [1.54, 1.807) is 25.4 Å². The normalized spacial score (nSPS) is 10.4. The van der Waals surface area contributed by atoms with E-state index in [0.717, 1.165) is 28.1 Å². The van der Waals surface area contributed by atoms with Gasteiger partial charge in [-0.1, -0.05) is 18.2 Å². The summed E-state index contributed by atoms with van der Waals surface area (Å²) in [6, 6.07) is 13.1. The maximum atomic E-state index is 12.5. The van der Waals surface area contributed by atoms with Gasteiger partial charge in [0.05, 0.1) is 31.4 Å². The number of carbonyl (C=O) groups is 1. The highest BCUT2D eigenvalue weighted by atomic mass is 16.5. The summed E-state index contributed by atoms with van der Waals surface area (Å²) >= 11 is 0. The van der Waals surface area contributed by atoms with Gasteiger partial charge in [0.15, 0.2) is 0 Å². The minimum absolute atomic E-state index is 0.383. The summed E-state index contributed by atoms with van der Waals surface area (Å²) in [5.74, 6) is 0.171. The quantitative estimate of drug-likeness (QED) is 0.633. The van der Waals surface area contributed by atoms with Crippen molar-refractivity contribution in [1.82, 2.24) is 9.55 Å². The van der Waals surface area contributed by atoms with Crippen LogP contribution in [0.4, 0.5) is 0 Å². The Morgan fingerprint density at radius 2 is 1.82 bits per heavy atom. The Hall–Kier alpha value is -3.59. The third kappa shape index (κ3) is 3.47. The van der Waals surface area contributed by atoms with Gasteiger partial charge in [-0.3, -0.25) is 0 Å². The van der Waals surface area contributed by atoms with Gasteiger partial charge >= 0.3 is 5.97 Å². The summed E-state index contributed by atoms with van der Waals surface area (Å²) in [4.78, 5) is 16.8. The lowest BCUT2D eigenvalue weighted by molar-refractivity contribution is 0.0600. The number of esters is 1. The molecule has 0 spiro atoms. The van der Waals surface area contributed by atoms with Crippen molar-refractivity contribution in [1.29, 1.82) is 5.26 Å². The van der Waals surface area contributed by atoms with Crippen LogP contribution in [0, 0.1) is 25.2 Å². The number of methoxy groups -OCH3 is 2. The van der Waals surface area contributed by atoms with Crippen LogP contribution in [0.3, 0.4) is 0 Å². The lowest BCUT2D eigenvalue weighted by atomic mass is 9.99. The highest BCUT2D eigenvalue weighted by Gasteiger charge is 2.24. The molecule has 0 N–H and O–H groups in total. The van der Waals surface area contributed by atoms with Crippen molar-refractivity contribution in [3.05, 3.63) is 70.7 Å². The van der Waals surface area contributed by atoms with Gasteiger partial charge in [0.1, 0.15) is 0 Å². The highest BCUT2D eigenvalue weighted by molar-refractivity contribution is 5.99. The third-order valence-corrected chi connectivity index (χ3v) is 4.82. The van der Waals surface area contributed by atoms with Gasteiger partial charge in [-0.25, -0.2) is 9.78 Å². The van der Waals surface area contributed by atoms with Crippen LogP contribution in [0.25, 0.3) is 11.1 Å². The average molecular weight is 375 g/mol. The summed E-state index contributed by atoms with van der Waals surface area (Å²) in [5, 5.41) is 9.04. The summed E-state index contributed by atoms with van der Waals surface area (Å²) in [6.07, 6.45) is 1.76. The smallest absolute Gasteiger partial charge is 0.340 e. The Kier molecular flexibility index (Phi) is 5.46. The molecule has 0 aliphatic carbocycles. The Labute approximate surface area is 164 Å². The van der Waals surface area contributed by atoms with Crippen LogP contribution < -0.4 is 4.74 Å². The van der Waals surface area contributed by atoms with Crippen molar-refractivity contribution in [2.75, 3.05) is 14.2 Å². The molecule has 28 heavy (non-hydrogen) atoms. The fourth-order valence-corrected chi connectivity index (χ4v) is 3.34. The maximum absolute atomic E-state index is 12.5. The standard InChI is InChI=1S/C22H21N3O3/c1-14-20(18-8-5-16(11-23)6-9-18)21(22(26)28-4)15(2)25(14)13-17-7-10-19(27-3)24-12-17/h5-10,12H,13H2,1-4H3. The molecule has 1 aromatic carbocycles. The number of hydrogen-bond acceptors (Lipinski definition) is 5. The fraction of sp³-hybridized carbons (Fsp3) is 0.227. The van der Waals surface area contributed by atoms with E-state index in [9.17, 15) is 4.79 Å². The molecule has 6 nitrogen and oxygen atoms in total. The van der Waals surface area contributed by atoms with Crippen LogP contribution in [0.5, 0.6) is 5.88 Å². The molecule has 2 aromatic heterocycles. The first-order valence-corrected chi connectivity index (χ1v) is 8.77. The third-order valence-electron chi connectivity index (χ3n) is 4.82. The first kappa shape index (κ1) is 19.2. The average Bonchev–Trinajstić information content (AvgIpc) is 2.98. The Bertz CT molecular complexity index is 1040. The number of rotatable bonds is 5. The number of ether oxygens (including phenoxy) is 2. The first-order chi connectivity index (χ1) is 13.5. The molecule has 2 heterocycles. The molecular formula is C22H21N3O3. The molecule has 0 saturated carbocycles. The maximum Gasteiger partial charge on any atom is 0.340 e.